The predicted octanol–water partition coefficient (Wildman–Crippen LogP) is 7.68. The van der Waals surface area contributed by atoms with Crippen molar-refractivity contribution in [3.8, 4) is 35.0 Å². The Labute approximate surface area is 386 Å². The van der Waals surface area contributed by atoms with Crippen LogP contribution in [0.2, 0.25) is 0 Å². The van der Waals surface area contributed by atoms with E-state index in [1.165, 1.54) is 7.11 Å². The van der Waals surface area contributed by atoms with Crippen LogP contribution >= 0.6 is 0 Å². The van der Waals surface area contributed by atoms with Crippen molar-refractivity contribution in [2.24, 2.45) is 34.1 Å². The number of aliphatic hydroxyl groups is 2. The Morgan fingerprint density at radius 2 is 1.89 bits per heavy atom. The zero-order valence-corrected chi connectivity index (χ0v) is 39.1. The first-order chi connectivity index (χ1) is 31.5. The van der Waals surface area contributed by atoms with E-state index < -0.39 is 22.7 Å². The van der Waals surface area contributed by atoms with Crippen molar-refractivity contribution in [2.45, 2.75) is 140 Å². The molecule has 6 rings (SSSR count). The van der Waals surface area contributed by atoms with E-state index in [0.29, 0.717) is 81.1 Å². The third kappa shape index (κ3) is 11.9. The first-order valence-corrected chi connectivity index (χ1v) is 24.1. The minimum Gasteiger partial charge on any atom is -0.504 e. The summed E-state index contributed by atoms with van der Waals surface area (Å²) in [4.78, 5) is 31.5. The maximum absolute atomic E-state index is 15.2. The number of ketones is 1. The van der Waals surface area contributed by atoms with Gasteiger partial charge in [0.1, 0.15) is 11.9 Å². The van der Waals surface area contributed by atoms with Crippen LogP contribution in [0.1, 0.15) is 127 Å². The summed E-state index contributed by atoms with van der Waals surface area (Å²) in [5, 5.41) is 52.4. The SMILES string of the molecule is CC[C@@H](CC=O)CC[C@@H]1/C=C/C(=O)[C@]2(Cc3ccc(O)c(OC)c3)CCC[C@H]2CC#CNC(=NC)Nc2cc(cc(O[C@]3(CNC)CC[C@H](C[C@H](O)OCCCO)C3)c2O)C12CCCC2. The average Bonchev–Trinajstić information content (AvgIpc) is 4.06. The monoisotopic (exact) mass is 899 g/mol. The number of hydrogen-bond acceptors (Lipinski definition) is 11. The zero-order valence-electron chi connectivity index (χ0n) is 39.1. The van der Waals surface area contributed by atoms with Crippen molar-refractivity contribution in [3.63, 3.8) is 0 Å². The number of phenols is 2. The number of carbonyl (C=O) groups is 2. The van der Waals surface area contributed by atoms with Gasteiger partial charge in [-0.3, -0.25) is 15.1 Å². The fourth-order valence-electron chi connectivity index (χ4n) is 11.6. The Hall–Kier alpha value is -4.61. The van der Waals surface area contributed by atoms with E-state index in [1.54, 1.807) is 13.1 Å². The maximum atomic E-state index is 15.2. The number of guanidine groups is 1. The first-order valence-electron chi connectivity index (χ1n) is 24.1. The number of allylic oxidation sites excluding steroid dienone is 2. The van der Waals surface area contributed by atoms with Gasteiger partial charge in [-0.2, -0.15) is 0 Å². The molecular weight excluding hydrogens is 825 g/mol. The van der Waals surface area contributed by atoms with Gasteiger partial charge >= 0.3 is 0 Å². The largest absolute Gasteiger partial charge is 0.504 e. The highest BCUT2D eigenvalue weighted by molar-refractivity contribution is 5.97. The third-order valence-electron chi connectivity index (χ3n) is 15.2. The summed E-state index contributed by atoms with van der Waals surface area (Å²) < 4.78 is 18.2. The minimum absolute atomic E-state index is 0.000856. The van der Waals surface area contributed by atoms with E-state index in [0.717, 1.165) is 81.6 Å². The molecule has 1 aliphatic heterocycles. The van der Waals surface area contributed by atoms with E-state index in [9.17, 15) is 25.2 Å². The lowest BCUT2D eigenvalue weighted by atomic mass is 9.65. The number of anilines is 1. The number of fused-ring (bicyclic) bond motifs is 4. The van der Waals surface area contributed by atoms with E-state index in [1.807, 2.05) is 37.4 Å². The lowest BCUT2D eigenvalue weighted by Gasteiger charge is -2.39. The first kappa shape index (κ1) is 49.8. The van der Waals surface area contributed by atoms with Crippen LogP contribution in [0, 0.1) is 41.1 Å². The molecule has 0 radical (unpaired) electrons. The summed E-state index contributed by atoms with van der Waals surface area (Å²) in [7, 11) is 5.08. The number of methoxy groups -OCH3 is 1. The van der Waals surface area contributed by atoms with Gasteiger partial charge in [-0.05, 0) is 143 Å². The number of aldehydes is 1. The fraction of sp³-hybridized carbons (Fsp3) is 0.635. The number of phenolic OH excluding ortho intramolecular Hbond substituents is 2. The molecule has 0 saturated heterocycles. The number of nitrogens with zero attached hydrogens (tertiary/aromatic N) is 1. The summed E-state index contributed by atoms with van der Waals surface area (Å²) in [6, 6.07) is 12.5. The van der Waals surface area contributed by atoms with Crippen LogP contribution < -0.4 is 25.4 Å². The van der Waals surface area contributed by atoms with Gasteiger partial charge in [-0.1, -0.05) is 50.7 Å². The number of rotatable bonds is 19. The molecular formula is C52H74N4O9. The van der Waals surface area contributed by atoms with Gasteiger partial charge < -0.3 is 50.1 Å². The van der Waals surface area contributed by atoms with Gasteiger partial charge in [0, 0.05) is 56.3 Å². The van der Waals surface area contributed by atoms with E-state index >= 15 is 4.79 Å². The molecule has 7 atom stereocenters. The molecule has 2 bridgehead atoms. The summed E-state index contributed by atoms with van der Waals surface area (Å²) in [5.74, 6) is 4.69. The predicted molar refractivity (Wildman–Crippen MR) is 253 cm³/mol. The highest BCUT2D eigenvalue weighted by atomic mass is 16.6. The average molecular weight is 899 g/mol. The van der Waals surface area contributed by atoms with Gasteiger partial charge in [-0.25, -0.2) is 0 Å². The van der Waals surface area contributed by atoms with Gasteiger partial charge in [0.25, 0.3) is 0 Å². The molecule has 7 N–H and O–H groups in total. The van der Waals surface area contributed by atoms with Crippen LogP contribution in [-0.2, 0) is 26.2 Å². The van der Waals surface area contributed by atoms with Crippen LogP contribution in [0.4, 0.5) is 5.69 Å². The van der Waals surface area contributed by atoms with Crippen molar-refractivity contribution >= 4 is 23.7 Å². The number of hydrogen-bond donors (Lipinski definition) is 7. The number of benzene rings is 2. The highest BCUT2D eigenvalue weighted by Crippen LogP contribution is 2.54. The van der Waals surface area contributed by atoms with Crippen LogP contribution in [-0.4, -0.2) is 91.3 Å². The number of ether oxygens (including phenoxy) is 3. The number of aromatic hydroxyl groups is 2. The molecule has 1 heterocycles. The summed E-state index contributed by atoms with van der Waals surface area (Å²) in [6.45, 7) is 2.93. The molecule has 356 valence electrons. The molecule has 3 saturated carbocycles. The Balaban J connectivity index is 1.46. The Morgan fingerprint density at radius 1 is 1.08 bits per heavy atom. The van der Waals surface area contributed by atoms with E-state index in [-0.39, 0.29) is 54.2 Å². The molecule has 4 aliphatic rings. The van der Waals surface area contributed by atoms with Crippen molar-refractivity contribution in [2.75, 3.05) is 46.3 Å². The van der Waals surface area contributed by atoms with Crippen molar-refractivity contribution in [3.05, 3.63) is 53.6 Å². The van der Waals surface area contributed by atoms with E-state index in [2.05, 4.69) is 45.9 Å². The van der Waals surface area contributed by atoms with Crippen LogP contribution in [0.3, 0.4) is 0 Å². The number of aliphatic imine (C=N–C) groups is 1. The van der Waals surface area contributed by atoms with Gasteiger partial charge in [-0.15, -0.1) is 0 Å². The number of carbonyl (C=O) groups excluding carboxylic acids is 2. The molecule has 3 aliphatic carbocycles. The maximum Gasteiger partial charge on any atom is 0.207 e. The molecule has 13 heteroatoms. The molecule has 1 spiro atoms. The smallest absolute Gasteiger partial charge is 0.207 e. The molecule has 13 nitrogen and oxygen atoms in total. The Kier molecular flexibility index (Phi) is 17.8. The molecule has 65 heavy (non-hydrogen) atoms. The Bertz CT molecular complexity index is 2040. The second-order valence-corrected chi connectivity index (χ2v) is 19.1. The molecule has 0 amide bonds. The highest BCUT2D eigenvalue weighted by Gasteiger charge is 2.49. The second-order valence-electron chi connectivity index (χ2n) is 19.1. The molecule has 2 aromatic carbocycles. The molecule has 3 fully saturated rings. The van der Waals surface area contributed by atoms with Crippen LogP contribution in [0.5, 0.6) is 23.0 Å². The number of likely N-dealkylation sites (N-methyl/N-ethyl adjacent to an activating group) is 1. The van der Waals surface area contributed by atoms with Gasteiger partial charge in [0.05, 0.1) is 19.4 Å². The van der Waals surface area contributed by atoms with E-state index in [4.69, 9.17) is 14.2 Å². The second kappa shape index (κ2) is 23.2. The fourth-order valence-corrected chi connectivity index (χ4v) is 11.6. The van der Waals surface area contributed by atoms with Crippen LogP contribution in [0.25, 0.3) is 0 Å². The van der Waals surface area contributed by atoms with Crippen molar-refractivity contribution in [1.29, 1.82) is 0 Å². The normalized spacial score (nSPS) is 27.3. The van der Waals surface area contributed by atoms with Crippen LogP contribution in [0.15, 0.2) is 47.5 Å². The minimum atomic E-state index is -0.948. The number of aliphatic hydroxyl groups excluding tert-OH is 2. The summed E-state index contributed by atoms with van der Waals surface area (Å²) in [5.41, 5.74) is 0.497. The summed E-state index contributed by atoms with van der Waals surface area (Å²) >= 11 is 0. The molecule has 0 aromatic heterocycles. The van der Waals surface area contributed by atoms with Crippen molar-refractivity contribution < 1.29 is 44.2 Å². The zero-order chi connectivity index (χ0) is 46.5. The van der Waals surface area contributed by atoms with Gasteiger partial charge in [0.15, 0.2) is 35.1 Å². The topological polar surface area (TPSA) is 191 Å². The van der Waals surface area contributed by atoms with Crippen molar-refractivity contribution in [1.82, 2.24) is 10.6 Å². The quantitative estimate of drug-likeness (QED) is 0.0240. The molecule has 2 aromatic rings. The van der Waals surface area contributed by atoms with Gasteiger partial charge in [0.2, 0.25) is 5.96 Å². The molecule has 0 unspecified atom stereocenters. The lowest BCUT2D eigenvalue weighted by molar-refractivity contribution is -0.125. The Morgan fingerprint density at radius 3 is 2.62 bits per heavy atom. The standard InChI is InChI=1S/C52H74N4O9/c1-5-36(20-27-58)13-15-40-16-18-46(60)52(34-37-14-17-43(59)44(29-37)63-4)23-8-11-39(52)12-9-25-55-49(54-3)56-42-31-41(51(40)21-6-7-22-51)32-45(48(42)62)65-50(35-53-2)24-19-38(33-50)30-47(61)64-28-10-26-57/h14,16-18,27,29,31-32,36,38-40,47,53,57,59,61-62H,5-8,10-13,15,19-24,26,28,30,33-35H2,1-4H3,(H2,54,55,56)/b18-16+/t36-,38-,39+,40-,47-,50-,52+/m1/s1. The summed E-state index contributed by atoms with van der Waals surface area (Å²) in [6.07, 6.45) is 17.2. The third-order valence-corrected chi connectivity index (χ3v) is 15.2. The lowest BCUT2D eigenvalue weighted by Crippen LogP contribution is -2.43. The number of nitrogens with one attached hydrogen (secondary N) is 3.